The zero-order chi connectivity index (χ0) is 21.6. The van der Waals surface area contributed by atoms with Crippen LogP contribution in [-0.2, 0) is 4.79 Å². The van der Waals surface area contributed by atoms with Crippen LogP contribution in [0.25, 0.3) is 0 Å². The van der Waals surface area contributed by atoms with Gasteiger partial charge in [0.2, 0.25) is 5.91 Å². The summed E-state index contributed by atoms with van der Waals surface area (Å²) in [6, 6.07) is 23.1. The molecule has 1 aliphatic rings. The minimum Gasteiger partial charge on any atom is -0.497 e. The fourth-order valence-corrected chi connectivity index (χ4v) is 4.10. The Bertz CT molecular complexity index is 1140. The zero-order valence-corrected chi connectivity index (χ0v) is 19.2. The van der Waals surface area contributed by atoms with Crippen LogP contribution < -0.4 is 10.1 Å². The topological polar surface area (TPSA) is 63.1 Å². The predicted molar refractivity (Wildman–Crippen MR) is 133 cm³/mol. The highest BCUT2D eigenvalue weighted by molar-refractivity contribution is 9.10. The van der Waals surface area contributed by atoms with Crippen molar-refractivity contribution < 1.29 is 9.53 Å². The van der Waals surface area contributed by atoms with Crippen LogP contribution >= 0.6 is 27.7 Å². The van der Waals surface area contributed by atoms with Gasteiger partial charge in [0.25, 0.3) is 0 Å². The van der Waals surface area contributed by atoms with Crippen LogP contribution in [0.5, 0.6) is 5.75 Å². The van der Waals surface area contributed by atoms with E-state index in [2.05, 4.69) is 21.2 Å². The summed E-state index contributed by atoms with van der Waals surface area (Å²) in [7, 11) is 1.65. The Labute approximate surface area is 193 Å². The summed E-state index contributed by atoms with van der Waals surface area (Å²) in [5.74, 6) is 0.995. The van der Waals surface area contributed by atoms with Crippen LogP contribution in [0, 0.1) is 0 Å². The Balaban J connectivity index is 1.51. The van der Waals surface area contributed by atoms with E-state index in [9.17, 15) is 4.79 Å². The summed E-state index contributed by atoms with van der Waals surface area (Å²) in [6.45, 7) is 0. The first-order valence-corrected chi connectivity index (χ1v) is 11.5. The number of thioether (sulfide) groups is 1. The lowest BCUT2D eigenvalue weighted by molar-refractivity contribution is -0.113. The predicted octanol–water partition coefficient (Wildman–Crippen LogP) is 6.38. The molecule has 3 aromatic carbocycles. The summed E-state index contributed by atoms with van der Waals surface area (Å²) in [6.07, 6.45) is 0.553. The molecule has 0 bridgehead atoms. The Hall–Kier alpha value is -2.90. The number of nitrogens with one attached hydrogen (secondary N) is 1. The highest BCUT2D eigenvalue weighted by Crippen LogP contribution is 2.33. The fourth-order valence-electron chi connectivity index (χ4n) is 3.07. The van der Waals surface area contributed by atoms with Crippen LogP contribution in [0.2, 0.25) is 0 Å². The number of carbonyl (C=O) groups excluding carboxylic acids is 1. The maximum absolute atomic E-state index is 12.5. The van der Waals surface area contributed by atoms with E-state index in [0.717, 1.165) is 43.6 Å². The third-order valence-corrected chi connectivity index (χ3v) is 6.13. The van der Waals surface area contributed by atoms with E-state index in [-0.39, 0.29) is 11.7 Å². The van der Waals surface area contributed by atoms with Gasteiger partial charge in [-0.25, -0.2) is 4.99 Å². The normalized spacial score (nSPS) is 12.8. The van der Waals surface area contributed by atoms with Gasteiger partial charge in [-0.3, -0.25) is 9.79 Å². The van der Waals surface area contributed by atoms with Crippen molar-refractivity contribution in [2.24, 2.45) is 9.98 Å². The maximum Gasteiger partial charge on any atom is 0.234 e. The lowest BCUT2D eigenvalue weighted by Gasteiger charge is -2.09. The molecule has 0 aromatic heterocycles. The summed E-state index contributed by atoms with van der Waals surface area (Å²) in [5, 5.41) is 3.77. The summed E-state index contributed by atoms with van der Waals surface area (Å²) >= 11 is 4.83. The Morgan fingerprint density at radius 3 is 2.35 bits per heavy atom. The largest absolute Gasteiger partial charge is 0.497 e. The molecule has 0 aliphatic carbocycles. The monoisotopic (exact) mass is 493 g/mol. The molecule has 0 unspecified atom stereocenters. The number of ether oxygens (including phenoxy) is 1. The molecule has 0 atom stereocenters. The quantitative estimate of drug-likeness (QED) is 0.448. The van der Waals surface area contributed by atoms with Crippen molar-refractivity contribution in [2.75, 3.05) is 18.2 Å². The van der Waals surface area contributed by atoms with Crippen LogP contribution in [0.4, 0.5) is 17.1 Å². The Morgan fingerprint density at radius 1 is 1.00 bits per heavy atom. The van der Waals surface area contributed by atoms with E-state index in [0.29, 0.717) is 6.42 Å². The number of rotatable bonds is 5. The van der Waals surface area contributed by atoms with Gasteiger partial charge in [-0.15, -0.1) is 11.8 Å². The van der Waals surface area contributed by atoms with Gasteiger partial charge >= 0.3 is 0 Å². The van der Waals surface area contributed by atoms with Crippen molar-refractivity contribution in [3.8, 4) is 5.75 Å². The Kier molecular flexibility index (Phi) is 6.84. The number of amides is 1. The lowest BCUT2D eigenvalue weighted by Crippen LogP contribution is -2.16. The molecule has 31 heavy (non-hydrogen) atoms. The molecule has 0 saturated carbocycles. The number of methoxy groups -OCH3 is 1. The second-order valence-corrected chi connectivity index (χ2v) is 8.77. The second kappa shape index (κ2) is 9.94. The van der Waals surface area contributed by atoms with Crippen LogP contribution in [0.1, 0.15) is 12.0 Å². The average molecular weight is 494 g/mol. The Morgan fingerprint density at radius 2 is 1.68 bits per heavy atom. The summed E-state index contributed by atoms with van der Waals surface area (Å²) in [5.41, 5.74) is 4.31. The third-order valence-electron chi connectivity index (χ3n) is 4.62. The molecule has 1 aliphatic heterocycles. The van der Waals surface area contributed by atoms with Gasteiger partial charge in [-0.2, -0.15) is 0 Å². The van der Waals surface area contributed by atoms with Crippen molar-refractivity contribution in [1.29, 1.82) is 0 Å². The molecule has 1 heterocycles. The number of halogens is 1. The molecule has 156 valence electrons. The van der Waals surface area contributed by atoms with E-state index < -0.39 is 0 Å². The molecular formula is C24H20BrN3O2S. The SMILES string of the molecule is COc1ccc(C2=Nc3ccccc3N=C(SCC(=O)Nc3ccc(Br)cc3)C2)cc1. The van der Waals surface area contributed by atoms with E-state index in [1.54, 1.807) is 7.11 Å². The summed E-state index contributed by atoms with van der Waals surface area (Å²) in [4.78, 5) is 22.1. The third kappa shape index (κ3) is 5.62. The van der Waals surface area contributed by atoms with Crippen molar-refractivity contribution in [2.45, 2.75) is 6.42 Å². The molecule has 0 spiro atoms. The molecule has 0 saturated heterocycles. The standard InChI is InChI=1S/C24H20BrN3O2S/c1-30-19-12-6-16(7-13-19)22-14-24(28-21-5-3-2-4-20(21)27-22)31-15-23(29)26-18-10-8-17(25)9-11-18/h2-13H,14-15H2,1H3,(H,26,29). The smallest absolute Gasteiger partial charge is 0.234 e. The minimum atomic E-state index is -0.0736. The van der Waals surface area contributed by atoms with Crippen LogP contribution in [0.15, 0.2) is 87.3 Å². The molecule has 1 amide bonds. The zero-order valence-electron chi connectivity index (χ0n) is 16.8. The molecule has 3 aromatic rings. The number of para-hydroxylation sites is 2. The lowest BCUT2D eigenvalue weighted by atomic mass is 10.1. The van der Waals surface area contributed by atoms with Crippen molar-refractivity contribution >= 4 is 61.4 Å². The van der Waals surface area contributed by atoms with E-state index in [1.165, 1.54) is 11.8 Å². The van der Waals surface area contributed by atoms with Gasteiger partial charge in [0.05, 0.1) is 35.0 Å². The number of hydrogen-bond donors (Lipinski definition) is 1. The molecule has 4 rings (SSSR count). The van der Waals surface area contributed by atoms with Gasteiger partial charge in [0.15, 0.2) is 0 Å². The second-order valence-electron chi connectivity index (χ2n) is 6.80. The number of benzene rings is 3. The number of hydrogen-bond acceptors (Lipinski definition) is 5. The molecule has 1 N–H and O–H groups in total. The minimum absolute atomic E-state index is 0.0736. The first kappa shape index (κ1) is 21.3. The summed E-state index contributed by atoms with van der Waals surface area (Å²) < 4.78 is 6.23. The number of anilines is 1. The molecule has 0 radical (unpaired) electrons. The van der Waals surface area contributed by atoms with Crippen LogP contribution in [-0.4, -0.2) is 29.5 Å². The first-order valence-electron chi connectivity index (χ1n) is 9.67. The van der Waals surface area contributed by atoms with Gasteiger partial charge in [0.1, 0.15) is 5.75 Å². The molecule has 7 heteroatoms. The molecular weight excluding hydrogens is 474 g/mol. The number of nitrogens with zero attached hydrogens (tertiary/aromatic N) is 2. The highest BCUT2D eigenvalue weighted by atomic mass is 79.9. The van der Waals surface area contributed by atoms with Crippen molar-refractivity contribution in [3.63, 3.8) is 0 Å². The van der Waals surface area contributed by atoms with Gasteiger partial charge in [-0.1, -0.05) is 28.1 Å². The van der Waals surface area contributed by atoms with Crippen molar-refractivity contribution in [3.05, 3.63) is 82.8 Å². The molecule has 5 nitrogen and oxygen atoms in total. The first-order chi connectivity index (χ1) is 15.1. The van der Waals surface area contributed by atoms with Gasteiger partial charge in [0, 0.05) is 16.6 Å². The average Bonchev–Trinajstić information content (AvgIpc) is 2.98. The number of fused-ring (bicyclic) bond motifs is 1. The molecule has 0 fully saturated rings. The van der Waals surface area contributed by atoms with E-state index >= 15 is 0 Å². The number of carbonyl (C=O) groups is 1. The van der Waals surface area contributed by atoms with Crippen molar-refractivity contribution in [1.82, 2.24) is 0 Å². The van der Waals surface area contributed by atoms with E-state index in [1.807, 2.05) is 72.8 Å². The maximum atomic E-state index is 12.5. The fraction of sp³-hybridized carbons (Fsp3) is 0.125. The number of aliphatic imine (C=N–C) groups is 2. The van der Waals surface area contributed by atoms with Gasteiger partial charge in [-0.05, 0) is 66.2 Å². The van der Waals surface area contributed by atoms with E-state index in [4.69, 9.17) is 14.7 Å². The van der Waals surface area contributed by atoms with Gasteiger partial charge < -0.3 is 10.1 Å². The van der Waals surface area contributed by atoms with Crippen LogP contribution in [0.3, 0.4) is 0 Å². The highest BCUT2D eigenvalue weighted by Gasteiger charge is 2.17.